The van der Waals surface area contributed by atoms with E-state index in [2.05, 4.69) is 39.8 Å². The Morgan fingerprint density at radius 3 is 2.36 bits per heavy atom. The third-order valence-corrected chi connectivity index (χ3v) is 5.17. The van der Waals surface area contributed by atoms with Crippen molar-refractivity contribution in [3.05, 3.63) is 66.5 Å². The van der Waals surface area contributed by atoms with E-state index < -0.39 is 10.0 Å². The first-order valence-electron chi connectivity index (χ1n) is 8.37. The minimum Gasteiger partial charge on any atom is -0.350 e. The number of nitrogens with one attached hydrogen (secondary N) is 1. The van der Waals surface area contributed by atoms with Gasteiger partial charge in [0.2, 0.25) is 10.0 Å². The Balaban J connectivity index is 1.79. The lowest BCUT2D eigenvalue weighted by Gasteiger charge is -2.09. The molecule has 25 heavy (non-hydrogen) atoms. The summed E-state index contributed by atoms with van der Waals surface area (Å²) in [4.78, 5) is 0. The maximum atomic E-state index is 11.4. The molecule has 1 aromatic heterocycles. The van der Waals surface area contributed by atoms with Crippen molar-refractivity contribution < 1.29 is 8.42 Å². The minimum absolute atomic E-state index is 0.583. The number of aryl methyl sites for hydroxylation is 1. The number of anilines is 1. The molecule has 0 fully saturated rings. The summed E-state index contributed by atoms with van der Waals surface area (Å²) in [6.45, 7) is 1.06. The fraction of sp³-hybridized carbons (Fsp3) is 0.200. The van der Waals surface area contributed by atoms with Gasteiger partial charge in [-0.15, -0.1) is 0 Å². The van der Waals surface area contributed by atoms with Crippen molar-refractivity contribution in [3.8, 4) is 22.3 Å². The zero-order valence-corrected chi connectivity index (χ0v) is 14.9. The van der Waals surface area contributed by atoms with Crippen LogP contribution in [0.4, 0.5) is 5.69 Å². The molecule has 1 aliphatic rings. The van der Waals surface area contributed by atoms with Gasteiger partial charge in [0.1, 0.15) is 0 Å². The third-order valence-electron chi connectivity index (χ3n) is 4.56. The topological polar surface area (TPSA) is 51.1 Å². The fourth-order valence-corrected chi connectivity index (χ4v) is 4.12. The molecule has 1 N–H and O–H groups in total. The maximum absolute atomic E-state index is 11.4. The molecule has 4 nitrogen and oxygen atoms in total. The molecule has 4 rings (SSSR count). The Kier molecular flexibility index (Phi) is 3.88. The maximum Gasteiger partial charge on any atom is 0.229 e. The van der Waals surface area contributed by atoms with E-state index in [1.807, 2.05) is 30.3 Å². The second-order valence-electron chi connectivity index (χ2n) is 6.48. The lowest BCUT2D eigenvalue weighted by Crippen LogP contribution is -2.09. The molecule has 1 aliphatic heterocycles. The molecule has 2 aromatic carbocycles. The number of hydrogen-bond acceptors (Lipinski definition) is 2. The monoisotopic (exact) mass is 352 g/mol. The largest absolute Gasteiger partial charge is 0.350 e. The van der Waals surface area contributed by atoms with Crippen LogP contribution in [0, 0.1) is 0 Å². The summed E-state index contributed by atoms with van der Waals surface area (Å²) in [6.07, 6.45) is 5.67. The second kappa shape index (κ2) is 6.08. The second-order valence-corrected chi connectivity index (χ2v) is 8.23. The lowest BCUT2D eigenvalue weighted by atomic mass is 9.95. The summed E-state index contributed by atoms with van der Waals surface area (Å²) in [7, 11) is -3.26. The van der Waals surface area contributed by atoms with Crippen molar-refractivity contribution in [2.45, 2.75) is 19.4 Å². The van der Waals surface area contributed by atoms with Crippen LogP contribution in [-0.2, 0) is 23.0 Å². The van der Waals surface area contributed by atoms with Gasteiger partial charge in [0, 0.05) is 35.2 Å². The van der Waals surface area contributed by atoms with Gasteiger partial charge in [-0.25, -0.2) is 8.42 Å². The van der Waals surface area contributed by atoms with Crippen LogP contribution >= 0.6 is 0 Å². The van der Waals surface area contributed by atoms with Gasteiger partial charge in [-0.2, -0.15) is 0 Å². The van der Waals surface area contributed by atoms with Crippen LogP contribution in [0.5, 0.6) is 0 Å². The van der Waals surface area contributed by atoms with Gasteiger partial charge in [0.15, 0.2) is 0 Å². The van der Waals surface area contributed by atoms with E-state index >= 15 is 0 Å². The quantitative estimate of drug-likeness (QED) is 0.767. The highest BCUT2D eigenvalue weighted by atomic mass is 32.2. The molecular weight excluding hydrogens is 332 g/mol. The van der Waals surface area contributed by atoms with E-state index in [0.717, 1.165) is 24.8 Å². The Morgan fingerprint density at radius 1 is 0.960 bits per heavy atom. The molecular formula is C20H20N2O2S. The first-order valence-corrected chi connectivity index (χ1v) is 10.3. The summed E-state index contributed by atoms with van der Waals surface area (Å²) in [5.74, 6) is 0. The van der Waals surface area contributed by atoms with Gasteiger partial charge < -0.3 is 4.57 Å². The number of sulfonamides is 1. The van der Waals surface area contributed by atoms with E-state index in [9.17, 15) is 8.42 Å². The van der Waals surface area contributed by atoms with Crippen LogP contribution < -0.4 is 4.72 Å². The van der Waals surface area contributed by atoms with Crippen LogP contribution in [0.1, 0.15) is 12.1 Å². The van der Waals surface area contributed by atoms with Crippen molar-refractivity contribution >= 4 is 15.7 Å². The standard InChI is InChI=1S/C20H20N2O2S/c1-25(23,24)21-17-11-9-15(10-12-17)18-14-22-13-5-8-19(22)20(18)16-6-3-2-4-7-16/h2-4,6-7,9-12,14,21H,5,8,13H2,1H3. The number of nitrogens with zero attached hydrogens (tertiary/aromatic N) is 1. The van der Waals surface area contributed by atoms with Gasteiger partial charge in [-0.05, 0) is 36.1 Å². The molecule has 0 saturated heterocycles. The predicted molar refractivity (Wildman–Crippen MR) is 102 cm³/mol. The summed E-state index contributed by atoms with van der Waals surface area (Å²) in [5.41, 5.74) is 6.79. The molecule has 0 aliphatic carbocycles. The van der Waals surface area contributed by atoms with Gasteiger partial charge in [-0.3, -0.25) is 4.72 Å². The molecule has 3 aromatic rings. The summed E-state index contributed by atoms with van der Waals surface area (Å²) in [6, 6.07) is 18.0. The van der Waals surface area contributed by atoms with Crippen LogP contribution in [-0.4, -0.2) is 19.2 Å². The highest BCUT2D eigenvalue weighted by Gasteiger charge is 2.21. The molecule has 2 heterocycles. The van der Waals surface area contributed by atoms with Crippen molar-refractivity contribution in [2.75, 3.05) is 11.0 Å². The van der Waals surface area contributed by atoms with Crippen molar-refractivity contribution in [2.24, 2.45) is 0 Å². The number of hydrogen-bond donors (Lipinski definition) is 1. The van der Waals surface area contributed by atoms with E-state index in [1.54, 1.807) is 0 Å². The number of rotatable bonds is 4. The van der Waals surface area contributed by atoms with E-state index in [0.29, 0.717) is 5.69 Å². The van der Waals surface area contributed by atoms with Gasteiger partial charge >= 0.3 is 0 Å². The van der Waals surface area contributed by atoms with Crippen LogP contribution in [0.15, 0.2) is 60.8 Å². The molecule has 128 valence electrons. The molecule has 5 heteroatoms. The molecule has 0 unspecified atom stereocenters. The van der Waals surface area contributed by atoms with Crippen LogP contribution in [0.3, 0.4) is 0 Å². The molecule has 0 atom stereocenters. The average molecular weight is 352 g/mol. The lowest BCUT2D eigenvalue weighted by molar-refractivity contribution is 0.607. The number of benzene rings is 2. The summed E-state index contributed by atoms with van der Waals surface area (Å²) < 4.78 is 27.6. The zero-order valence-electron chi connectivity index (χ0n) is 14.1. The minimum atomic E-state index is -3.26. The molecule has 0 amide bonds. The Morgan fingerprint density at radius 2 is 1.68 bits per heavy atom. The third kappa shape index (κ3) is 3.20. The summed E-state index contributed by atoms with van der Waals surface area (Å²) in [5, 5.41) is 0. The molecule has 0 bridgehead atoms. The Bertz CT molecular complexity index is 1000. The van der Waals surface area contributed by atoms with Crippen LogP contribution in [0.25, 0.3) is 22.3 Å². The van der Waals surface area contributed by atoms with E-state index in [1.165, 1.54) is 28.8 Å². The Labute approximate surface area is 148 Å². The van der Waals surface area contributed by atoms with Gasteiger partial charge in [-0.1, -0.05) is 42.5 Å². The highest BCUT2D eigenvalue weighted by molar-refractivity contribution is 7.92. The first kappa shape index (κ1) is 16.0. The van der Waals surface area contributed by atoms with E-state index in [-0.39, 0.29) is 0 Å². The molecule has 0 radical (unpaired) electrons. The van der Waals surface area contributed by atoms with Crippen molar-refractivity contribution in [3.63, 3.8) is 0 Å². The zero-order chi connectivity index (χ0) is 17.4. The van der Waals surface area contributed by atoms with Crippen molar-refractivity contribution in [1.82, 2.24) is 4.57 Å². The molecule has 0 spiro atoms. The van der Waals surface area contributed by atoms with Crippen molar-refractivity contribution in [1.29, 1.82) is 0 Å². The van der Waals surface area contributed by atoms with E-state index in [4.69, 9.17) is 0 Å². The van der Waals surface area contributed by atoms with Gasteiger partial charge in [0.05, 0.1) is 6.26 Å². The Hall–Kier alpha value is -2.53. The first-order chi connectivity index (χ1) is 12.0. The average Bonchev–Trinajstić information content (AvgIpc) is 3.15. The fourth-order valence-electron chi connectivity index (χ4n) is 3.56. The number of aromatic nitrogens is 1. The smallest absolute Gasteiger partial charge is 0.229 e. The predicted octanol–water partition coefficient (Wildman–Crippen LogP) is 4.14. The summed E-state index contributed by atoms with van der Waals surface area (Å²) >= 11 is 0. The highest BCUT2D eigenvalue weighted by Crippen LogP contribution is 2.39. The SMILES string of the molecule is CS(=O)(=O)Nc1ccc(-c2cn3c(c2-c2ccccc2)CCC3)cc1. The van der Waals surface area contributed by atoms with Gasteiger partial charge in [0.25, 0.3) is 0 Å². The molecule has 0 saturated carbocycles. The number of fused-ring (bicyclic) bond motifs is 1. The normalized spacial score (nSPS) is 13.6. The van der Waals surface area contributed by atoms with Crippen LogP contribution in [0.2, 0.25) is 0 Å².